The van der Waals surface area contributed by atoms with Crippen molar-refractivity contribution in [1.82, 2.24) is 10.3 Å². The molecule has 0 saturated carbocycles. The monoisotopic (exact) mass is 289 g/mol. The quantitative estimate of drug-likeness (QED) is 0.882. The largest absolute Gasteiger partial charge is 0.351 e. The van der Waals surface area contributed by atoms with Crippen molar-refractivity contribution in [2.75, 3.05) is 18.5 Å². The maximum absolute atomic E-state index is 6.37. The minimum absolute atomic E-state index is 0.704. The Bertz CT molecular complexity index is 543. The van der Waals surface area contributed by atoms with Gasteiger partial charge in [-0.3, -0.25) is 0 Å². The van der Waals surface area contributed by atoms with Crippen molar-refractivity contribution in [2.45, 2.75) is 20.0 Å². The summed E-state index contributed by atoms with van der Waals surface area (Å²) in [7, 11) is 1.91. The molecule has 0 aliphatic rings. The van der Waals surface area contributed by atoms with Crippen molar-refractivity contribution >= 4 is 17.4 Å². The summed E-state index contributed by atoms with van der Waals surface area (Å²) in [6, 6.07) is 12.3. The molecule has 0 unspecified atom stereocenters. The van der Waals surface area contributed by atoms with Crippen molar-refractivity contribution in [3.05, 3.63) is 58.7 Å². The molecule has 4 heteroatoms. The van der Waals surface area contributed by atoms with E-state index < -0.39 is 0 Å². The molecule has 1 aromatic carbocycles. The summed E-state index contributed by atoms with van der Waals surface area (Å²) >= 11 is 6.37. The van der Waals surface area contributed by atoms with Crippen molar-refractivity contribution in [2.24, 2.45) is 0 Å². The summed E-state index contributed by atoms with van der Waals surface area (Å²) in [5, 5.41) is 3.81. The highest BCUT2D eigenvalue weighted by atomic mass is 35.5. The molecule has 0 radical (unpaired) electrons. The standard InChI is InChI=1S/C16H20ClN3/c1-3-20(12-13-7-5-4-6-8-13)16-15(17)9-14(10-18-2)11-19-16/h4-9,11,18H,3,10,12H2,1-2H3. The summed E-state index contributed by atoms with van der Waals surface area (Å²) in [4.78, 5) is 6.70. The lowest BCUT2D eigenvalue weighted by Crippen LogP contribution is -2.23. The van der Waals surface area contributed by atoms with Crippen LogP contribution in [0.4, 0.5) is 5.82 Å². The summed E-state index contributed by atoms with van der Waals surface area (Å²) in [6.45, 7) is 4.57. The molecule has 0 saturated heterocycles. The first-order valence-electron chi connectivity index (χ1n) is 6.82. The Morgan fingerprint density at radius 2 is 1.95 bits per heavy atom. The van der Waals surface area contributed by atoms with Crippen LogP contribution in [0.2, 0.25) is 5.02 Å². The molecule has 2 rings (SSSR count). The molecule has 2 aromatic rings. The van der Waals surface area contributed by atoms with E-state index in [4.69, 9.17) is 11.6 Å². The third-order valence-corrected chi connectivity index (χ3v) is 3.43. The molecule has 20 heavy (non-hydrogen) atoms. The molecule has 1 N–H and O–H groups in total. The highest BCUT2D eigenvalue weighted by molar-refractivity contribution is 6.33. The zero-order chi connectivity index (χ0) is 14.4. The van der Waals surface area contributed by atoms with E-state index in [0.29, 0.717) is 5.02 Å². The van der Waals surface area contributed by atoms with Crippen LogP contribution < -0.4 is 10.2 Å². The van der Waals surface area contributed by atoms with Crippen molar-refractivity contribution in [1.29, 1.82) is 0 Å². The second kappa shape index (κ2) is 7.27. The highest BCUT2D eigenvalue weighted by Crippen LogP contribution is 2.25. The smallest absolute Gasteiger partial charge is 0.147 e. The minimum atomic E-state index is 0.704. The molecule has 1 heterocycles. The van der Waals surface area contributed by atoms with E-state index in [9.17, 15) is 0 Å². The van der Waals surface area contributed by atoms with E-state index in [-0.39, 0.29) is 0 Å². The van der Waals surface area contributed by atoms with Gasteiger partial charge in [0.05, 0.1) is 5.02 Å². The third kappa shape index (κ3) is 3.71. The average Bonchev–Trinajstić information content (AvgIpc) is 2.47. The van der Waals surface area contributed by atoms with Crippen LogP contribution in [0.1, 0.15) is 18.1 Å². The number of hydrogen-bond acceptors (Lipinski definition) is 3. The van der Waals surface area contributed by atoms with Gasteiger partial charge in [-0.1, -0.05) is 41.9 Å². The third-order valence-electron chi connectivity index (χ3n) is 3.16. The van der Waals surface area contributed by atoms with Gasteiger partial charge in [0.25, 0.3) is 0 Å². The van der Waals surface area contributed by atoms with Gasteiger partial charge in [-0.05, 0) is 31.2 Å². The summed E-state index contributed by atoms with van der Waals surface area (Å²) in [5.74, 6) is 0.845. The van der Waals surface area contributed by atoms with Gasteiger partial charge >= 0.3 is 0 Å². The maximum atomic E-state index is 6.37. The molecule has 0 atom stereocenters. The van der Waals surface area contributed by atoms with Crippen LogP contribution in [-0.2, 0) is 13.1 Å². The lowest BCUT2D eigenvalue weighted by molar-refractivity contribution is 0.796. The molecule has 0 fully saturated rings. The number of pyridine rings is 1. The molecule has 0 amide bonds. The number of nitrogens with one attached hydrogen (secondary N) is 1. The fourth-order valence-corrected chi connectivity index (χ4v) is 2.45. The summed E-state index contributed by atoms with van der Waals surface area (Å²) in [6.07, 6.45) is 1.88. The normalized spacial score (nSPS) is 10.6. The first-order valence-corrected chi connectivity index (χ1v) is 7.20. The Kier molecular flexibility index (Phi) is 5.39. The zero-order valence-corrected chi connectivity index (χ0v) is 12.7. The Hall–Kier alpha value is -1.58. The van der Waals surface area contributed by atoms with Crippen LogP contribution in [-0.4, -0.2) is 18.6 Å². The number of nitrogens with zero attached hydrogens (tertiary/aromatic N) is 2. The second-order valence-electron chi connectivity index (χ2n) is 4.68. The van der Waals surface area contributed by atoms with Crippen LogP contribution in [0.5, 0.6) is 0 Å². The van der Waals surface area contributed by atoms with Crippen molar-refractivity contribution in [3.63, 3.8) is 0 Å². The van der Waals surface area contributed by atoms with Crippen LogP contribution in [0.3, 0.4) is 0 Å². The maximum Gasteiger partial charge on any atom is 0.147 e. The van der Waals surface area contributed by atoms with Crippen LogP contribution in [0, 0.1) is 0 Å². The van der Waals surface area contributed by atoms with Gasteiger partial charge in [-0.2, -0.15) is 0 Å². The van der Waals surface area contributed by atoms with Gasteiger partial charge in [0.1, 0.15) is 5.82 Å². The molecule has 0 spiro atoms. The van der Waals surface area contributed by atoms with E-state index in [0.717, 1.165) is 31.0 Å². The predicted octanol–water partition coefficient (Wildman–Crippen LogP) is 3.48. The fraction of sp³-hybridized carbons (Fsp3) is 0.312. The topological polar surface area (TPSA) is 28.2 Å². The van der Waals surface area contributed by atoms with Gasteiger partial charge in [0.15, 0.2) is 0 Å². The van der Waals surface area contributed by atoms with Crippen LogP contribution in [0.25, 0.3) is 0 Å². The number of aromatic nitrogens is 1. The Morgan fingerprint density at radius 1 is 1.20 bits per heavy atom. The first-order chi connectivity index (χ1) is 9.74. The van der Waals surface area contributed by atoms with Crippen LogP contribution >= 0.6 is 11.6 Å². The van der Waals surface area contributed by atoms with Crippen molar-refractivity contribution < 1.29 is 0 Å². The van der Waals surface area contributed by atoms with Gasteiger partial charge < -0.3 is 10.2 Å². The summed E-state index contributed by atoms with van der Waals surface area (Å²) < 4.78 is 0. The SMILES string of the molecule is CCN(Cc1ccccc1)c1ncc(CNC)cc1Cl. The predicted molar refractivity (Wildman–Crippen MR) is 85.2 cm³/mol. The fourth-order valence-electron chi connectivity index (χ4n) is 2.14. The number of rotatable bonds is 6. The average molecular weight is 290 g/mol. The number of halogens is 1. The van der Waals surface area contributed by atoms with E-state index >= 15 is 0 Å². The summed E-state index contributed by atoms with van der Waals surface area (Å²) in [5.41, 5.74) is 2.35. The van der Waals surface area contributed by atoms with E-state index in [2.05, 4.69) is 34.3 Å². The van der Waals surface area contributed by atoms with Crippen molar-refractivity contribution in [3.8, 4) is 0 Å². The van der Waals surface area contributed by atoms with E-state index in [1.807, 2.05) is 37.5 Å². The molecule has 0 aliphatic heterocycles. The lowest BCUT2D eigenvalue weighted by Gasteiger charge is -2.23. The van der Waals surface area contributed by atoms with Gasteiger partial charge in [0.2, 0.25) is 0 Å². The molecule has 106 valence electrons. The zero-order valence-electron chi connectivity index (χ0n) is 11.9. The molecule has 3 nitrogen and oxygen atoms in total. The van der Waals surface area contributed by atoms with E-state index in [1.165, 1.54) is 5.56 Å². The minimum Gasteiger partial charge on any atom is -0.351 e. The Labute approximate surface area is 125 Å². The van der Waals surface area contributed by atoms with E-state index in [1.54, 1.807) is 0 Å². The number of anilines is 1. The lowest BCUT2D eigenvalue weighted by atomic mass is 10.2. The molecule has 1 aromatic heterocycles. The Morgan fingerprint density at radius 3 is 2.55 bits per heavy atom. The highest BCUT2D eigenvalue weighted by Gasteiger charge is 2.11. The Balaban J connectivity index is 2.19. The molecule has 0 bridgehead atoms. The number of hydrogen-bond donors (Lipinski definition) is 1. The first kappa shape index (κ1) is 14.8. The number of benzene rings is 1. The molecular formula is C16H20ClN3. The second-order valence-corrected chi connectivity index (χ2v) is 5.09. The molecular weight excluding hydrogens is 270 g/mol. The molecule has 0 aliphatic carbocycles. The van der Waals surface area contributed by atoms with Crippen LogP contribution in [0.15, 0.2) is 42.6 Å². The van der Waals surface area contributed by atoms with Gasteiger partial charge in [-0.25, -0.2) is 4.98 Å². The van der Waals surface area contributed by atoms with Gasteiger partial charge in [-0.15, -0.1) is 0 Å². The van der Waals surface area contributed by atoms with Gasteiger partial charge in [0, 0.05) is 25.8 Å².